The summed E-state index contributed by atoms with van der Waals surface area (Å²) in [6.07, 6.45) is 0. The van der Waals surface area contributed by atoms with E-state index in [4.69, 9.17) is 10.0 Å². The van der Waals surface area contributed by atoms with Gasteiger partial charge >= 0.3 is 58.8 Å². The molecule has 0 amide bonds. The molecule has 0 aromatic carbocycles. The zero-order valence-corrected chi connectivity index (χ0v) is 6.75. The van der Waals surface area contributed by atoms with Crippen LogP contribution in [0.1, 0.15) is 0 Å². The van der Waals surface area contributed by atoms with E-state index in [2.05, 4.69) is 22.9 Å². The number of hydrogen-bond acceptors (Lipinski definition) is 7. The molecule has 0 spiro atoms. The summed E-state index contributed by atoms with van der Waals surface area (Å²) in [5.41, 5.74) is 0. The van der Waals surface area contributed by atoms with Gasteiger partial charge in [-0.15, -0.1) is 0 Å². The summed E-state index contributed by atoms with van der Waals surface area (Å²) in [6, 6.07) is 0. The normalized spacial score (nSPS) is 18.0. The molecule has 0 aliphatic carbocycles. The van der Waals surface area contributed by atoms with Crippen molar-refractivity contribution in [3.8, 4) is 0 Å². The second kappa shape index (κ2) is 8.95. The van der Waals surface area contributed by atoms with E-state index >= 15 is 0 Å². The minimum atomic E-state index is -1.45. The molecule has 0 unspecified atom stereocenters. The third kappa shape index (κ3) is 5.65. The Morgan fingerprint density at radius 1 is 0.600 bits per heavy atom. The Balaban J connectivity index is -0.000000360. The molecule has 82 valence electrons. The first kappa shape index (κ1) is 21.2. The van der Waals surface area contributed by atoms with Gasteiger partial charge in [-0.25, -0.2) is 0 Å². The van der Waals surface area contributed by atoms with Gasteiger partial charge in [0.15, 0.2) is 0 Å². The summed E-state index contributed by atoms with van der Waals surface area (Å²) in [6.45, 7) is 0. The van der Waals surface area contributed by atoms with Gasteiger partial charge in [0.1, 0.15) is 0 Å². The van der Waals surface area contributed by atoms with Crippen molar-refractivity contribution in [1.29, 1.82) is 0 Å². The van der Waals surface area contributed by atoms with Crippen LogP contribution in [0.25, 0.3) is 0 Å². The Bertz CT molecular complexity index is 123. The summed E-state index contributed by atoms with van der Waals surface area (Å²) < 4.78 is 22.6. The Labute approximate surface area is 108 Å². The second-order valence-corrected chi connectivity index (χ2v) is 1.87. The number of hydrogen-bond donors (Lipinski definition) is 2. The maximum atomic E-state index is 8.74. The average molecular weight is 235 g/mol. The third-order valence-electron chi connectivity index (χ3n) is 1.13. The van der Waals surface area contributed by atoms with Crippen molar-refractivity contribution in [3.05, 3.63) is 0 Å². The van der Waals surface area contributed by atoms with Crippen molar-refractivity contribution >= 4 is 58.8 Å². The Hall–Kier alpha value is 0.860. The second-order valence-electron chi connectivity index (χ2n) is 1.87. The average Bonchev–Trinajstić information content (AvgIpc) is 1.82. The van der Waals surface area contributed by atoms with Crippen LogP contribution in [0.2, 0.25) is 0 Å². The van der Waals surface area contributed by atoms with Crippen LogP contribution in [-0.4, -0.2) is 85.3 Å². The van der Waals surface area contributed by atoms with E-state index in [9.17, 15) is 0 Å². The van der Waals surface area contributed by atoms with E-state index in [1.807, 2.05) is 0 Å². The predicted molar refractivity (Wildman–Crippen MR) is 50.9 cm³/mol. The Morgan fingerprint density at radius 2 is 0.867 bits per heavy atom. The van der Waals surface area contributed by atoms with Crippen LogP contribution in [0.15, 0.2) is 0 Å². The fourth-order valence-electron chi connectivity index (χ4n) is 0.728. The van der Waals surface area contributed by atoms with Gasteiger partial charge in [0.25, 0.3) is 0 Å². The SMILES string of the molecule is O.O.O.OB1OB2OB(O)OB(O1)O2.[NaH]. The van der Waals surface area contributed by atoms with Gasteiger partial charge in [-0.3, -0.25) is 0 Å². The van der Waals surface area contributed by atoms with Crippen LogP contribution in [-0.2, 0) is 22.9 Å². The molecule has 15 heavy (non-hydrogen) atoms. The predicted octanol–water partition coefficient (Wildman–Crippen LogP) is -6.10. The molecule has 0 atom stereocenters. The number of rotatable bonds is 0. The van der Waals surface area contributed by atoms with Crippen LogP contribution >= 0.6 is 0 Å². The molecule has 2 aliphatic rings. The minimum absolute atomic E-state index is 0. The summed E-state index contributed by atoms with van der Waals surface area (Å²) in [4.78, 5) is 0. The monoisotopic (exact) mass is 236 g/mol. The molecule has 10 nitrogen and oxygen atoms in total. The molecule has 0 radical (unpaired) electrons. The van der Waals surface area contributed by atoms with Gasteiger partial charge in [0.2, 0.25) is 0 Å². The van der Waals surface area contributed by atoms with Crippen LogP contribution in [0, 0.1) is 0 Å². The van der Waals surface area contributed by atoms with Crippen molar-refractivity contribution in [2.75, 3.05) is 0 Å². The standard InChI is InChI=1S/B4H2O7.Na.3H2O.H/c5-1-7-3-9-2(6)10-4(8-1)11-3;;;;;/h5-6H;;3*1H2;. The molecule has 8 N–H and O–H groups in total. The van der Waals surface area contributed by atoms with Gasteiger partial charge in [0.05, 0.1) is 0 Å². The Kier molecular flexibility index (Phi) is 12.6. The van der Waals surface area contributed by atoms with Crippen LogP contribution < -0.4 is 0 Å². The molecule has 2 bridgehead atoms. The molecular weight excluding hydrogens is 226 g/mol. The van der Waals surface area contributed by atoms with Gasteiger partial charge in [-0.1, -0.05) is 0 Å². The first-order valence-corrected chi connectivity index (χ1v) is 2.87. The molecule has 0 aromatic heterocycles. The van der Waals surface area contributed by atoms with Crippen molar-refractivity contribution in [3.63, 3.8) is 0 Å². The van der Waals surface area contributed by atoms with Gasteiger partial charge in [0, 0.05) is 0 Å². The fourth-order valence-corrected chi connectivity index (χ4v) is 0.728. The van der Waals surface area contributed by atoms with Crippen LogP contribution in [0.5, 0.6) is 0 Å². The van der Waals surface area contributed by atoms with Crippen molar-refractivity contribution < 1.29 is 49.3 Å². The van der Waals surface area contributed by atoms with E-state index in [-0.39, 0.29) is 46.0 Å². The molecule has 2 heterocycles. The van der Waals surface area contributed by atoms with Gasteiger partial charge in [-0.2, -0.15) is 0 Å². The van der Waals surface area contributed by atoms with Crippen molar-refractivity contribution in [1.82, 2.24) is 0 Å². The van der Waals surface area contributed by atoms with E-state index < -0.39 is 29.3 Å². The zero-order valence-electron chi connectivity index (χ0n) is 6.75. The molecule has 2 rings (SSSR count). The van der Waals surface area contributed by atoms with Crippen molar-refractivity contribution in [2.45, 2.75) is 0 Å². The summed E-state index contributed by atoms with van der Waals surface area (Å²) >= 11 is 0. The summed E-state index contributed by atoms with van der Waals surface area (Å²) in [5.74, 6) is 0. The zero-order chi connectivity index (χ0) is 7.84. The van der Waals surface area contributed by atoms with Gasteiger partial charge in [-0.05, 0) is 0 Å². The van der Waals surface area contributed by atoms with E-state index in [0.717, 1.165) is 0 Å². The molecule has 0 saturated carbocycles. The quantitative estimate of drug-likeness (QED) is 0.391. The first-order valence-electron chi connectivity index (χ1n) is 2.87. The topological polar surface area (TPSA) is 181 Å². The maximum absolute atomic E-state index is 8.74. The van der Waals surface area contributed by atoms with E-state index in [0.29, 0.717) is 0 Å². The fraction of sp³-hybridized carbons (Fsp3) is 0. The Morgan fingerprint density at radius 3 is 1.13 bits per heavy atom. The molecule has 15 heteroatoms. The van der Waals surface area contributed by atoms with Crippen molar-refractivity contribution in [2.24, 2.45) is 0 Å². The first-order chi connectivity index (χ1) is 5.24. The molecule has 2 saturated heterocycles. The molecular formula is H9B4NaO10. The van der Waals surface area contributed by atoms with E-state index in [1.54, 1.807) is 0 Å². The van der Waals surface area contributed by atoms with E-state index in [1.165, 1.54) is 0 Å². The summed E-state index contributed by atoms with van der Waals surface area (Å²) in [5, 5.41) is 17.5. The molecule has 2 aliphatic heterocycles. The summed E-state index contributed by atoms with van der Waals surface area (Å²) in [7, 11) is -5.20. The third-order valence-corrected chi connectivity index (χ3v) is 1.13. The van der Waals surface area contributed by atoms with Crippen LogP contribution in [0.4, 0.5) is 0 Å². The van der Waals surface area contributed by atoms with Gasteiger partial charge < -0.3 is 49.3 Å². The number of fused-ring (bicyclic) bond motifs is 2. The molecule has 0 aromatic rings. The van der Waals surface area contributed by atoms with Crippen LogP contribution in [0.3, 0.4) is 0 Å². The molecule has 2 fully saturated rings.